The Hall–Kier alpha value is -4.96. The molecule has 0 radical (unpaired) electrons. The number of carbonyl (C=O) groups excluding carboxylic acids is 2. The molecule has 2 aromatic carbocycles. The predicted octanol–water partition coefficient (Wildman–Crippen LogP) is 3.58. The first kappa shape index (κ1) is 25.3. The molecule has 0 aliphatic heterocycles. The monoisotopic (exact) mass is 534 g/mol. The molecule has 0 bridgehead atoms. The van der Waals surface area contributed by atoms with Gasteiger partial charge in [-0.1, -0.05) is 43.7 Å². The summed E-state index contributed by atoms with van der Waals surface area (Å²) in [7, 11) is 0. The summed E-state index contributed by atoms with van der Waals surface area (Å²) in [6.45, 7) is 2.56. The maximum Gasteiger partial charge on any atom is 0.269 e. The van der Waals surface area contributed by atoms with E-state index >= 15 is 0 Å². The number of unbranched alkanes of at least 4 members (excludes halogenated alkanes) is 1. The highest BCUT2D eigenvalue weighted by Gasteiger charge is 2.16. The van der Waals surface area contributed by atoms with Crippen LogP contribution in [0.1, 0.15) is 40.7 Å². The van der Waals surface area contributed by atoms with Crippen LogP contribution in [-0.2, 0) is 0 Å². The summed E-state index contributed by atoms with van der Waals surface area (Å²) < 4.78 is 0. The fourth-order valence-electron chi connectivity index (χ4n) is 4.84. The van der Waals surface area contributed by atoms with Crippen LogP contribution in [0.2, 0.25) is 0 Å². The van der Waals surface area contributed by atoms with Crippen LogP contribution in [-0.4, -0.2) is 56.6 Å². The van der Waals surface area contributed by atoms with Crippen molar-refractivity contribution in [1.29, 1.82) is 0 Å². The van der Waals surface area contributed by atoms with Crippen molar-refractivity contribution in [1.82, 2.24) is 30.6 Å². The van der Waals surface area contributed by atoms with Crippen molar-refractivity contribution in [3.63, 3.8) is 0 Å². The van der Waals surface area contributed by atoms with Crippen LogP contribution >= 0.6 is 0 Å². The maximum absolute atomic E-state index is 13.6. The molecule has 6 rings (SSSR count). The van der Waals surface area contributed by atoms with Gasteiger partial charge in [-0.2, -0.15) is 0 Å². The second kappa shape index (κ2) is 10.3. The standard InChI is InChI=1S/C30H26N6O4/c1-2-3-12-31-29(39)21-11-8-17-6-9-19-26(24(17)34-21)36-28-20(27(19)38)15-18-5-4-16-7-10-22(30(40)32-13-14-37)33-23(16)25(18)35-28/h4-11,15,37H,2-3,12-14H2,1H3,(H,31,39)(H,32,40)(H,35,36,38). The molecule has 4 heterocycles. The molecule has 0 saturated heterocycles. The molecule has 10 nitrogen and oxygen atoms in total. The van der Waals surface area contributed by atoms with Gasteiger partial charge >= 0.3 is 0 Å². The summed E-state index contributed by atoms with van der Waals surface area (Å²) >= 11 is 0. The zero-order valence-corrected chi connectivity index (χ0v) is 21.7. The van der Waals surface area contributed by atoms with Gasteiger partial charge in [0, 0.05) is 34.6 Å². The molecule has 200 valence electrons. The van der Waals surface area contributed by atoms with E-state index in [1.165, 1.54) is 0 Å². The van der Waals surface area contributed by atoms with E-state index in [-0.39, 0.29) is 35.9 Å². The Balaban J connectivity index is 1.55. The zero-order valence-electron chi connectivity index (χ0n) is 21.7. The van der Waals surface area contributed by atoms with Crippen molar-refractivity contribution in [2.75, 3.05) is 19.7 Å². The number of fused-ring (bicyclic) bond motifs is 7. The molecule has 0 unspecified atom stereocenters. The van der Waals surface area contributed by atoms with Crippen LogP contribution in [0.3, 0.4) is 0 Å². The van der Waals surface area contributed by atoms with Crippen molar-refractivity contribution in [3.05, 3.63) is 76.2 Å². The second-order valence-corrected chi connectivity index (χ2v) is 9.59. The normalized spacial score (nSPS) is 11.6. The third-order valence-electron chi connectivity index (χ3n) is 6.92. The van der Waals surface area contributed by atoms with E-state index in [9.17, 15) is 14.4 Å². The summed E-state index contributed by atoms with van der Waals surface area (Å²) in [4.78, 5) is 56.0. The summed E-state index contributed by atoms with van der Waals surface area (Å²) in [5.74, 6) is -0.670. The molecule has 2 amide bonds. The first-order valence-electron chi connectivity index (χ1n) is 13.2. The fraction of sp³-hybridized carbons (Fsp3) is 0.200. The first-order chi connectivity index (χ1) is 19.5. The Morgan fingerprint density at radius 3 is 2.10 bits per heavy atom. The number of amides is 2. The highest BCUT2D eigenvalue weighted by atomic mass is 16.3. The summed E-state index contributed by atoms with van der Waals surface area (Å²) in [6, 6.07) is 16.0. The Bertz CT molecular complexity index is 2040. The van der Waals surface area contributed by atoms with Crippen LogP contribution in [0, 0.1) is 0 Å². The Labute approximate surface area is 227 Å². The van der Waals surface area contributed by atoms with E-state index in [0.29, 0.717) is 50.4 Å². The molecule has 10 heteroatoms. The summed E-state index contributed by atoms with van der Waals surface area (Å²) in [5.41, 5.74) is 2.64. The van der Waals surface area contributed by atoms with E-state index < -0.39 is 5.91 Å². The molecule has 0 aliphatic carbocycles. The minimum atomic E-state index is -0.403. The topological polar surface area (TPSA) is 150 Å². The number of hydrogen-bond donors (Lipinski definition) is 4. The van der Waals surface area contributed by atoms with Gasteiger partial charge in [0.2, 0.25) is 0 Å². The lowest BCUT2D eigenvalue weighted by Crippen LogP contribution is -2.27. The van der Waals surface area contributed by atoms with E-state index in [0.717, 1.165) is 23.6 Å². The van der Waals surface area contributed by atoms with Crippen LogP contribution in [0.15, 0.2) is 59.4 Å². The van der Waals surface area contributed by atoms with Crippen molar-refractivity contribution in [2.45, 2.75) is 19.8 Å². The molecule has 4 aromatic heterocycles. The number of H-pyrrole nitrogens is 1. The van der Waals surface area contributed by atoms with Crippen molar-refractivity contribution >= 4 is 66.5 Å². The average molecular weight is 535 g/mol. The Morgan fingerprint density at radius 1 is 0.775 bits per heavy atom. The molecule has 4 N–H and O–H groups in total. The number of nitrogens with one attached hydrogen (secondary N) is 3. The van der Waals surface area contributed by atoms with Gasteiger partial charge in [0.1, 0.15) is 17.0 Å². The van der Waals surface area contributed by atoms with E-state index in [1.54, 1.807) is 30.3 Å². The van der Waals surface area contributed by atoms with Gasteiger partial charge in [0.05, 0.1) is 34.1 Å². The van der Waals surface area contributed by atoms with Crippen LogP contribution in [0.5, 0.6) is 0 Å². The maximum atomic E-state index is 13.6. The SMILES string of the molecule is CCCCNC(=O)c1ccc2ccc3c(=O)c4cc5ccc6ccc(C(=O)NCCO)nc6c5nc4[nH]c3c2n1. The molecule has 40 heavy (non-hydrogen) atoms. The van der Waals surface area contributed by atoms with E-state index in [1.807, 2.05) is 24.3 Å². The van der Waals surface area contributed by atoms with Crippen molar-refractivity contribution in [2.24, 2.45) is 0 Å². The third-order valence-corrected chi connectivity index (χ3v) is 6.92. The molecule has 6 aromatic rings. The molecular weight excluding hydrogens is 508 g/mol. The van der Waals surface area contributed by atoms with Gasteiger partial charge in [0.15, 0.2) is 5.43 Å². The predicted molar refractivity (Wildman–Crippen MR) is 155 cm³/mol. The quantitative estimate of drug-likeness (QED) is 0.139. The second-order valence-electron chi connectivity index (χ2n) is 9.59. The minimum Gasteiger partial charge on any atom is -0.395 e. The van der Waals surface area contributed by atoms with Gasteiger partial charge in [-0.3, -0.25) is 14.4 Å². The molecule has 0 aliphatic rings. The minimum absolute atomic E-state index is 0.120. The zero-order chi connectivity index (χ0) is 27.8. The van der Waals surface area contributed by atoms with Gasteiger partial charge in [-0.05, 0) is 30.7 Å². The lowest BCUT2D eigenvalue weighted by atomic mass is 10.1. The van der Waals surface area contributed by atoms with Crippen LogP contribution < -0.4 is 16.1 Å². The van der Waals surface area contributed by atoms with Crippen molar-refractivity contribution in [3.8, 4) is 0 Å². The molecule has 0 atom stereocenters. The number of carbonyl (C=O) groups is 2. The highest BCUT2D eigenvalue weighted by Crippen LogP contribution is 2.27. The summed E-state index contributed by atoms with van der Waals surface area (Å²) in [6.07, 6.45) is 1.84. The smallest absolute Gasteiger partial charge is 0.269 e. The van der Waals surface area contributed by atoms with Crippen LogP contribution in [0.4, 0.5) is 0 Å². The van der Waals surface area contributed by atoms with E-state index in [4.69, 9.17) is 10.1 Å². The number of aromatic nitrogens is 4. The number of nitrogens with zero attached hydrogens (tertiary/aromatic N) is 3. The fourth-order valence-corrected chi connectivity index (χ4v) is 4.84. The molecule has 0 fully saturated rings. The van der Waals surface area contributed by atoms with Crippen molar-refractivity contribution < 1.29 is 14.7 Å². The Morgan fingerprint density at radius 2 is 1.38 bits per heavy atom. The van der Waals surface area contributed by atoms with Gasteiger partial charge in [0.25, 0.3) is 11.8 Å². The van der Waals surface area contributed by atoms with Gasteiger partial charge in [-0.25, -0.2) is 15.0 Å². The highest BCUT2D eigenvalue weighted by molar-refractivity contribution is 6.11. The van der Waals surface area contributed by atoms with Crippen LogP contribution in [0.25, 0.3) is 54.6 Å². The summed E-state index contributed by atoms with van der Waals surface area (Å²) in [5, 5.41) is 17.6. The lowest BCUT2D eigenvalue weighted by Gasteiger charge is -2.10. The first-order valence-corrected chi connectivity index (χ1v) is 13.2. The molecule has 0 spiro atoms. The number of aromatic amines is 1. The lowest BCUT2D eigenvalue weighted by molar-refractivity contribution is 0.0935. The number of hydrogen-bond acceptors (Lipinski definition) is 7. The number of aliphatic hydroxyl groups is 1. The largest absolute Gasteiger partial charge is 0.395 e. The number of benzene rings is 2. The number of aliphatic hydroxyl groups excluding tert-OH is 1. The number of rotatable bonds is 7. The molecule has 0 saturated carbocycles. The average Bonchev–Trinajstić information content (AvgIpc) is 2.98. The number of pyridine rings is 4. The third kappa shape index (κ3) is 4.38. The van der Waals surface area contributed by atoms with Gasteiger partial charge < -0.3 is 20.7 Å². The Kier molecular flexibility index (Phi) is 6.53. The van der Waals surface area contributed by atoms with E-state index in [2.05, 4.69) is 32.5 Å². The van der Waals surface area contributed by atoms with Gasteiger partial charge in [-0.15, -0.1) is 0 Å². The molecular formula is C30H26N6O4.